The van der Waals surface area contributed by atoms with Crippen molar-refractivity contribution in [1.82, 2.24) is 15.8 Å². The highest BCUT2D eigenvalue weighted by atomic mass is 32.1. The molecule has 10 nitrogen and oxygen atoms in total. The minimum Gasteiger partial charge on any atom is -0.545 e. The second-order valence-electron chi connectivity index (χ2n) is 4.80. The predicted molar refractivity (Wildman–Crippen MR) is 83.9 cm³/mol. The highest BCUT2D eigenvalue weighted by Gasteiger charge is 2.23. The monoisotopic (exact) mass is 363 g/mol. The SMILES string of the molecule is Cc1nc(C)c(C(=O)NNC(=O)c2cccc([N+](=O)[O-])c2C(=O)[O-])s1. The summed E-state index contributed by atoms with van der Waals surface area (Å²) in [6, 6.07) is 3.16. The number of nitrogens with zero attached hydrogens (tertiary/aromatic N) is 2. The van der Waals surface area contributed by atoms with Gasteiger partial charge >= 0.3 is 0 Å². The summed E-state index contributed by atoms with van der Waals surface area (Å²) in [5, 5.41) is 22.7. The normalized spacial score (nSPS) is 10.2. The Kier molecular flexibility index (Phi) is 5.08. The average Bonchev–Trinajstić information content (AvgIpc) is 2.89. The Morgan fingerprint density at radius 2 is 1.80 bits per heavy atom. The van der Waals surface area contributed by atoms with Gasteiger partial charge in [0.05, 0.1) is 32.7 Å². The number of hydrazine groups is 1. The summed E-state index contributed by atoms with van der Waals surface area (Å²) in [6.07, 6.45) is 0. The molecule has 130 valence electrons. The number of nitro groups is 1. The van der Waals surface area contributed by atoms with E-state index in [4.69, 9.17) is 0 Å². The molecule has 0 atom stereocenters. The number of hydrogen-bond acceptors (Lipinski definition) is 8. The van der Waals surface area contributed by atoms with Crippen LogP contribution in [0.25, 0.3) is 0 Å². The molecule has 2 amide bonds. The highest BCUT2D eigenvalue weighted by molar-refractivity contribution is 7.13. The lowest BCUT2D eigenvalue weighted by molar-refractivity contribution is -0.385. The van der Waals surface area contributed by atoms with Gasteiger partial charge in [-0.15, -0.1) is 11.3 Å². The van der Waals surface area contributed by atoms with Crippen LogP contribution >= 0.6 is 11.3 Å². The van der Waals surface area contributed by atoms with Crippen LogP contribution in [0.15, 0.2) is 18.2 Å². The molecule has 2 N–H and O–H groups in total. The van der Waals surface area contributed by atoms with E-state index in [1.54, 1.807) is 13.8 Å². The van der Waals surface area contributed by atoms with Gasteiger partial charge in [-0.3, -0.25) is 30.6 Å². The minimum absolute atomic E-state index is 0.275. The number of carbonyl (C=O) groups is 3. The summed E-state index contributed by atoms with van der Waals surface area (Å²) in [5.41, 5.74) is 2.45. The van der Waals surface area contributed by atoms with E-state index in [0.717, 1.165) is 29.5 Å². The maximum Gasteiger partial charge on any atom is 0.281 e. The number of benzene rings is 1. The number of carboxylic acids is 1. The van der Waals surface area contributed by atoms with Crippen molar-refractivity contribution in [3.63, 3.8) is 0 Å². The Hall–Kier alpha value is -3.34. The number of aromatic nitrogens is 1. The fourth-order valence-electron chi connectivity index (χ4n) is 2.08. The van der Waals surface area contributed by atoms with Crippen LogP contribution in [-0.2, 0) is 0 Å². The van der Waals surface area contributed by atoms with Gasteiger partial charge in [0.25, 0.3) is 17.5 Å². The van der Waals surface area contributed by atoms with Gasteiger partial charge in [-0.1, -0.05) is 6.07 Å². The van der Waals surface area contributed by atoms with Gasteiger partial charge in [0, 0.05) is 6.07 Å². The summed E-state index contributed by atoms with van der Waals surface area (Å²) in [7, 11) is 0. The van der Waals surface area contributed by atoms with Crippen molar-refractivity contribution in [3.05, 3.63) is 55.0 Å². The van der Waals surface area contributed by atoms with Crippen molar-refractivity contribution in [2.24, 2.45) is 0 Å². The molecule has 1 aromatic heterocycles. The Balaban J connectivity index is 2.23. The smallest absolute Gasteiger partial charge is 0.281 e. The molecule has 1 heterocycles. The lowest BCUT2D eigenvalue weighted by Gasteiger charge is -2.11. The molecule has 2 rings (SSSR count). The number of aryl methyl sites for hydroxylation is 2. The number of hydrogen-bond donors (Lipinski definition) is 2. The van der Waals surface area contributed by atoms with Crippen molar-refractivity contribution in [2.75, 3.05) is 0 Å². The van der Waals surface area contributed by atoms with Gasteiger partial charge < -0.3 is 9.90 Å². The maximum atomic E-state index is 12.1. The van der Waals surface area contributed by atoms with Gasteiger partial charge in [-0.25, -0.2) is 4.98 Å². The van der Waals surface area contributed by atoms with Crippen LogP contribution in [0.4, 0.5) is 5.69 Å². The van der Waals surface area contributed by atoms with Gasteiger partial charge in [-0.05, 0) is 19.9 Å². The minimum atomic E-state index is -1.88. The zero-order chi connectivity index (χ0) is 18.7. The summed E-state index contributed by atoms with van der Waals surface area (Å²) in [5.74, 6) is -3.55. The van der Waals surface area contributed by atoms with E-state index in [0.29, 0.717) is 10.7 Å². The third kappa shape index (κ3) is 3.77. The molecule has 0 spiro atoms. The molecule has 0 saturated heterocycles. The molecule has 0 aliphatic heterocycles. The van der Waals surface area contributed by atoms with Gasteiger partial charge in [0.15, 0.2) is 0 Å². The van der Waals surface area contributed by atoms with E-state index in [-0.39, 0.29) is 4.88 Å². The number of carboxylic acid groups (broad SMARTS) is 1. The standard InChI is InChI=1S/C14H12N4O6S/c1-6-11(25-7(2)15-6)13(20)17-16-12(19)8-4-3-5-9(18(23)24)10(8)14(21)22/h3-5H,1-2H3,(H,16,19)(H,17,20)(H,21,22)/p-1. The number of thiazole rings is 1. The van der Waals surface area contributed by atoms with E-state index < -0.39 is 39.5 Å². The molecule has 1 aromatic carbocycles. The molecular formula is C14H11N4O6S-. The molecule has 11 heteroatoms. The fourth-order valence-corrected chi connectivity index (χ4v) is 2.89. The second-order valence-corrected chi connectivity index (χ2v) is 6.00. The molecule has 25 heavy (non-hydrogen) atoms. The zero-order valence-electron chi connectivity index (χ0n) is 13.0. The first-order chi connectivity index (χ1) is 11.7. The molecule has 0 bridgehead atoms. The van der Waals surface area contributed by atoms with Crippen molar-refractivity contribution in [2.45, 2.75) is 13.8 Å². The number of rotatable bonds is 4. The van der Waals surface area contributed by atoms with Gasteiger partial charge in [0.1, 0.15) is 4.88 Å². The van der Waals surface area contributed by atoms with Crippen molar-refractivity contribution in [3.8, 4) is 0 Å². The first-order valence-electron chi connectivity index (χ1n) is 6.75. The number of carbonyl (C=O) groups excluding carboxylic acids is 3. The molecule has 2 aromatic rings. The summed E-state index contributed by atoms with van der Waals surface area (Å²) >= 11 is 1.12. The number of amides is 2. The largest absolute Gasteiger partial charge is 0.545 e. The van der Waals surface area contributed by atoms with Crippen LogP contribution in [0.1, 0.15) is 41.1 Å². The van der Waals surface area contributed by atoms with Crippen molar-refractivity contribution in [1.29, 1.82) is 0 Å². The molecule has 0 aliphatic carbocycles. The highest BCUT2D eigenvalue weighted by Crippen LogP contribution is 2.21. The quantitative estimate of drug-likeness (QED) is 0.577. The second kappa shape index (κ2) is 7.05. The number of aromatic carboxylic acids is 1. The van der Waals surface area contributed by atoms with E-state index >= 15 is 0 Å². The van der Waals surface area contributed by atoms with Gasteiger partial charge in [-0.2, -0.15) is 0 Å². The van der Waals surface area contributed by atoms with Crippen LogP contribution in [0.2, 0.25) is 0 Å². The molecule has 0 saturated carbocycles. The molecule has 0 aliphatic rings. The van der Waals surface area contributed by atoms with Crippen molar-refractivity contribution >= 4 is 34.8 Å². The van der Waals surface area contributed by atoms with Crippen LogP contribution < -0.4 is 16.0 Å². The zero-order valence-corrected chi connectivity index (χ0v) is 13.8. The van der Waals surface area contributed by atoms with E-state index in [1.807, 2.05) is 5.43 Å². The Morgan fingerprint density at radius 3 is 2.32 bits per heavy atom. The Bertz CT molecular complexity index is 891. The molecular weight excluding hydrogens is 352 g/mol. The van der Waals surface area contributed by atoms with E-state index in [9.17, 15) is 29.6 Å². The summed E-state index contributed by atoms with van der Waals surface area (Å²) in [6.45, 7) is 3.33. The Morgan fingerprint density at radius 1 is 1.16 bits per heavy atom. The van der Waals surface area contributed by atoms with E-state index in [2.05, 4.69) is 10.4 Å². The lowest BCUT2D eigenvalue weighted by Crippen LogP contribution is -2.42. The van der Waals surface area contributed by atoms with Crippen LogP contribution in [0.3, 0.4) is 0 Å². The fraction of sp³-hybridized carbons (Fsp3) is 0.143. The number of nitro benzene ring substituents is 1. The third-order valence-electron chi connectivity index (χ3n) is 3.09. The third-order valence-corrected chi connectivity index (χ3v) is 4.16. The Labute approximate surface area is 144 Å². The summed E-state index contributed by atoms with van der Waals surface area (Å²) < 4.78 is 0. The van der Waals surface area contributed by atoms with Crippen LogP contribution in [-0.4, -0.2) is 27.7 Å². The van der Waals surface area contributed by atoms with Crippen molar-refractivity contribution < 1.29 is 24.4 Å². The molecule has 0 radical (unpaired) electrons. The lowest BCUT2D eigenvalue weighted by atomic mass is 10.1. The first kappa shape index (κ1) is 18.0. The van der Waals surface area contributed by atoms with Crippen LogP contribution in [0.5, 0.6) is 0 Å². The predicted octanol–water partition coefficient (Wildman–Crippen LogP) is 0.106. The maximum absolute atomic E-state index is 12.1. The topological polar surface area (TPSA) is 154 Å². The van der Waals surface area contributed by atoms with E-state index in [1.165, 1.54) is 0 Å². The number of nitrogens with one attached hydrogen (secondary N) is 2. The molecule has 0 unspecified atom stereocenters. The summed E-state index contributed by atoms with van der Waals surface area (Å²) in [4.78, 5) is 49.6. The first-order valence-corrected chi connectivity index (χ1v) is 7.57. The average molecular weight is 363 g/mol. The molecule has 0 fully saturated rings. The van der Waals surface area contributed by atoms with Crippen LogP contribution in [0, 0.1) is 24.0 Å². The van der Waals surface area contributed by atoms with Gasteiger partial charge in [0.2, 0.25) is 0 Å².